The molecule has 1 fully saturated rings. The van der Waals surface area contributed by atoms with Crippen molar-refractivity contribution >= 4 is 28.3 Å². The normalized spacial score (nSPS) is 18.4. The van der Waals surface area contributed by atoms with E-state index in [9.17, 15) is 9.59 Å². The standard InChI is InChI=1S/C23H22N2O3/c26-22(17-5-2-12-25(14-17)23(27)20-7-3-13-28-20)24-19-11-10-16-9-8-15-4-1-6-18(19)21(15)16/h1,3-4,6-7,10-11,13,17H,2,5,8-9,12,14H2,(H,24,26). The lowest BCUT2D eigenvalue weighted by Gasteiger charge is -2.31. The first kappa shape index (κ1) is 17.0. The number of hydrogen-bond donors (Lipinski definition) is 1. The Hall–Kier alpha value is -3.08. The average molecular weight is 374 g/mol. The summed E-state index contributed by atoms with van der Waals surface area (Å²) in [6.07, 6.45) is 5.23. The zero-order chi connectivity index (χ0) is 19.1. The third kappa shape index (κ3) is 2.87. The molecule has 1 aromatic heterocycles. The van der Waals surface area contributed by atoms with Gasteiger partial charge in [0.25, 0.3) is 5.91 Å². The van der Waals surface area contributed by atoms with Gasteiger partial charge in [-0.25, -0.2) is 0 Å². The number of carbonyl (C=O) groups is 2. The monoisotopic (exact) mass is 374 g/mol. The largest absolute Gasteiger partial charge is 0.459 e. The van der Waals surface area contributed by atoms with Crippen LogP contribution in [0, 0.1) is 5.92 Å². The van der Waals surface area contributed by atoms with E-state index < -0.39 is 0 Å². The van der Waals surface area contributed by atoms with Crippen LogP contribution in [0.2, 0.25) is 0 Å². The van der Waals surface area contributed by atoms with Gasteiger partial charge in [0, 0.05) is 24.2 Å². The number of likely N-dealkylation sites (tertiary alicyclic amines) is 1. The van der Waals surface area contributed by atoms with E-state index >= 15 is 0 Å². The molecule has 2 heterocycles. The molecule has 2 amide bonds. The number of carbonyl (C=O) groups excluding carboxylic acids is 2. The number of anilines is 1. The van der Waals surface area contributed by atoms with Crippen molar-refractivity contribution in [1.82, 2.24) is 4.90 Å². The Kier molecular flexibility index (Phi) is 4.15. The first-order valence-electron chi connectivity index (χ1n) is 9.88. The summed E-state index contributed by atoms with van der Waals surface area (Å²) in [4.78, 5) is 27.2. The topological polar surface area (TPSA) is 62.6 Å². The van der Waals surface area contributed by atoms with Crippen LogP contribution in [0.3, 0.4) is 0 Å². The highest BCUT2D eigenvalue weighted by Gasteiger charge is 2.30. The molecule has 5 nitrogen and oxygen atoms in total. The van der Waals surface area contributed by atoms with E-state index in [2.05, 4.69) is 29.6 Å². The van der Waals surface area contributed by atoms with E-state index in [1.54, 1.807) is 17.0 Å². The molecule has 1 aliphatic heterocycles. The predicted molar refractivity (Wildman–Crippen MR) is 107 cm³/mol. The van der Waals surface area contributed by atoms with Crippen molar-refractivity contribution < 1.29 is 14.0 Å². The molecule has 1 aliphatic carbocycles. The second-order valence-electron chi connectivity index (χ2n) is 7.67. The molecule has 5 rings (SSSR count). The summed E-state index contributed by atoms with van der Waals surface area (Å²) in [6, 6.07) is 13.8. The van der Waals surface area contributed by atoms with Crippen molar-refractivity contribution in [3.8, 4) is 0 Å². The minimum atomic E-state index is -0.212. The third-order valence-corrected chi connectivity index (χ3v) is 5.95. The highest BCUT2D eigenvalue weighted by Crippen LogP contribution is 2.35. The Morgan fingerprint density at radius 3 is 2.71 bits per heavy atom. The van der Waals surface area contributed by atoms with Crippen LogP contribution < -0.4 is 5.32 Å². The Bertz CT molecular complexity index is 1040. The number of nitrogens with one attached hydrogen (secondary N) is 1. The number of aryl methyl sites for hydroxylation is 2. The first-order chi connectivity index (χ1) is 13.7. The van der Waals surface area contributed by atoms with Gasteiger partial charge in [-0.05, 0) is 60.4 Å². The fourth-order valence-electron chi connectivity index (χ4n) is 4.52. The van der Waals surface area contributed by atoms with Gasteiger partial charge in [-0.1, -0.05) is 24.3 Å². The molecule has 2 aromatic carbocycles. The SMILES string of the molecule is O=C(Nc1ccc2c3c(cccc13)CC2)C1CCCN(C(=O)c2ccco2)C1. The summed E-state index contributed by atoms with van der Waals surface area (Å²) < 4.78 is 5.22. The minimum Gasteiger partial charge on any atom is -0.459 e. The Balaban J connectivity index is 1.35. The van der Waals surface area contributed by atoms with Gasteiger partial charge in [-0.15, -0.1) is 0 Å². The quantitative estimate of drug-likeness (QED) is 0.753. The van der Waals surface area contributed by atoms with E-state index in [-0.39, 0.29) is 17.7 Å². The van der Waals surface area contributed by atoms with Crippen LogP contribution in [0.15, 0.2) is 53.1 Å². The maximum absolute atomic E-state index is 13.0. The van der Waals surface area contributed by atoms with Gasteiger partial charge < -0.3 is 14.6 Å². The molecule has 142 valence electrons. The molecule has 0 saturated carbocycles. The maximum atomic E-state index is 13.0. The van der Waals surface area contributed by atoms with Gasteiger partial charge in [0.05, 0.1) is 12.2 Å². The number of piperidine rings is 1. The lowest BCUT2D eigenvalue weighted by atomic mass is 9.96. The smallest absolute Gasteiger partial charge is 0.289 e. The Morgan fingerprint density at radius 1 is 1.04 bits per heavy atom. The van der Waals surface area contributed by atoms with E-state index in [0.717, 1.165) is 36.8 Å². The van der Waals surface area contributed by atoms with Crippen molar-refractivity contribution in [1.29, 1.82) is 0 Å². The zero-order valence-electron chi connectivity index (χ0n) is 15.6. The third-order valence-electron chi connectivity index (χ3n) is 5.95. The Morgan fingerprint density at radius 2 is 1.89 bits per heavy atom. The molecule has 2 aliphatic rings. The predicted octanol–water partition coefficient (Wildman–Crippen LogP) is 4.02. The lowest BCUT2D eigenvalue weighted by molar-refractivity contribution is -0.121. The van der Waals surface area contributed by atoms with Gasteiger partial charge in [0.15, 0.2) is 5.76 Å². The molecular formula is C23H22N2O3. The molecule has 3 aromatic rings. The summed E-state index contributed by atoms with van der Waals surface area (Å²) >= 11 is 0. The van der Waals surface area contributed by atoms with Crippen LogP contribution in [-0.4, -0.2) is 29.8 Å². The van der Waals surface area contributed by atoms with Gasteiger partial charge in [-0.2, -0.15) is 0 Å². The van der Waals surface area contributed by atoms with Crippen LogP contribution in [0.4, 0.5) is 5.69 Å². The molecule has 0 bridgehead atoms. The van der Waals surface area contributed by atoms with Crippen molar-refractivity contribution in [3.05, 3.63) is 65.6 Å². The Labute approximate surface area is 163 Å². The zero-order valence-corrected chi connectivity index (χ0v) is 15.6. The maximum Gasteiger partial charge on any atom is 0.289 e. The van der Waals surface area contributed by atoms with Gasteiger partial charge in [-0.3, -0.25) is 9.59 Å². The minimum absolute atomic E-state index is 0.0179. The molecule has 5 heteroatoms. The summed E-state index contributed by atoms with van der Waals surface area (Å²) in [5, 5.41) is 5.53. The van der Waals surface area contributed by atoms with Crippen LogP contribution in [0.1, 0.15) is 34.5 Å². The number of hydrogen-bond acceptors (Lipinski definition) is 3. The van der Waals surface area contributed by atoms with Crippen LogP contribution >= 0.6 is 0 Å². The summed E-state index contributed by atoms with van der Waals surface area (Å²) in [6.45, 7) is 1.08. The van der Waals surface area contributed by atoms with E-state index in [1.165, 1.54) is 22.8 Å². The number of nitrogens with zero attached hydrogens (tertiary/aromatic N) is 1. The van der Waals surface area contributed by atoms with E-state index in [1.807, 2.05) is 6.07 Å². The molecule has 28 heavy (non-hydrogen) atoms. The van der Waals surface area contributed by atoms with Crippen molar-refractivity contribution in [2.45, 2.75) is 25.7 Å². The number of rotatable bonds is 3. The summed E-state index contributed by atoms with van der Waals surface area (Å²) in [7, 11) is 0. The first-order valence-corrected chi connectivity index (χ1v) is 9.88. The van der Waals surface area contributed by atoms with Crippen molar-refractivity contribution in [2.75, 3.05) is 18.4 Å². The fourth-order valence-corrected chi connectivity index (χ4v) is 4.52. The molecule has 1 N–H and O–H groups in total. The van der Waals surface area contributed by atoms with Gasteiger partial charge >= 0.3 is 0 Å². The molecule has 1 unspecified atom stereocenters. The number of furan rings is 1. The second-order valence-corrected chi connectivity index (χ2v) is 7.67. The van der Waals surface area contributed by atoms with Crippen LogP contribution in [0.5, 0.6) is 0 Å². The lowest BCUT2D eigenvalue weighted by Crippen LogP contribution is -2.43. The average Bonchev–Trinajstić information content (AvgIpc) is 3.41. The van der Waals surface area contributed by atoms with E-state index in [4.69, 9.17) is 4.42 Å². The molecule has 1 atom stereocenters. The molecule has 1 saturated heterocycles. The van der Waals surface area contributed by atoms with Crippen molar-refractivity contribution in [3.63, 3.8) is 0 Å². The second kappa shape index (κ2) is 6.82. The highest BCUT2D eigenvalue weighted by atomic mass is 16.3. The highest BCUT2D eigenvalue weighted by molar-refractivity contribution is 6.05. The molecular weight excluding hydrogens is 352 g/mol. The number of benzene rings is 2. The number of amides is 2. The van der Waals surface area contributed by atoms with E-state index in [0.29, 0.717) is 18.8 Å². The fraction of sp³-hybridized carbons (Fsp3) is 0.304. The van der Waals surface area contributed by atoms with Gasteiger partial charge in [0.1, 0.15) is 0 Å². The summed E-state index contributed by atoms with van der Waals surface area (Å²) in [5.74, 6) is -0.0484. The molecule has 0 spiro atoms. The van der Waals surface area contributed by atoms with Crippen molar-refractivity contribution in [2.24, 2.45) is 5.92 Å². The summed E-state index contributed by atoms with van der Waals surface area (Å²) in [5.41, 5.74) is 3.58. The molecule has 0 radical (unpaired) electrons. The van der Waals surface area contributed by atoms with Crippen LogP contribution in [0.25, 0.3) is 10.8 Å². The van der Waals surface area contributed by atoms with Crippen LogP contribution in [-0.2, 0) is 17.6 Å². The van der Waals surface area contributed by atoms with Gasteiger partial charge in [0.2, 0.25) is 5.91 Å².